The van der Waals surface area contributed by atoms with Gasteiger partial charge < -0.3 is 10.2 Å². The smallest absolute Gasteiger partial charge is 0.165 e. The van der Waals surface area contributed by atoms with Crippen LogP contribution in [0, 0.1) is 5.82 Å². The van der Waals surface area contributed by atoms with Crippen molar-refractivity contribution in [2.45, 2.75) is 0 Å². The molecule has 0 aliphatic rings. The van der Waals surface area contributed by atoms with Gasteiger partial charge in [-0.05, 0) is 12.1 Å². The van der Waals surface area contributed by atoms with Gasteiger partial charge in [0.05, 0.1) is 7.11 Å². The predicted octanol–water partition coefficient (Wildman–Crippen LogP) is 1.01. The first kappa shape index (κ1) is 8.91. The Morgan fingerprint density at radius 2 is 1.90 bits per heavy atom. The summed E-state index contributed by atoms with van der Waals surface area (Å²) in [6.45, 7) is 0. The van der Waals surface area contributed by atoms with Gasteiger partial charge in [-0.2, -0.15) is 0 Å². The van der Waals surface area contributed by atoms with Crippen molar-refractivity contribution in [3.05, 3.63) is 30.1 Å². The molecule has 0 unspecified atom stereocenters. The van der Waals surface area contributed by atoms with Gasteiger partial charge in [-0.25, -0.2) is 4.39 Å². The van der Waals surface area contributed by atoms with Crippen molar-refractivity contribution in [1.29, 1.82) is 0 Å². The highest BCUT2D eigenvalue weighted by atomic mass is 19.1. The SMILES string of the molecule is COc1ccccc1F.O. The Labute approximate surface area is 58.6 Å². The van der Waals surface area contributed by atoms with E-state index in [1.807, 2.05) is 0 Å². The number of para-hydroxylation sites is 1. The van der Waals surface area contributed by atoms with Crippen LogP contribution in [0.1, 0.15) is 0 Å². The van der Waals surface area contributed by atoms with Gasteiger partial charge in [-0.3, -0.25) is 0 Å². The van der Waals surface area contributed by atoms with E-state index in [1.165, 1.54) is 13.2 Å². The Bertz CT molecular complexity index is 201. The van der Waals surface area contributed by atoms with E-state index in [-0.39, 0.29) is 17.0 Å². The summed E-state index contributed by atoms with van der Waals surface area (Å²) in [6.07, 6.45) is 0. The highest BCUT2D eigenvalue weighted by molar-refractivity contribution is 5.23. The fourth-order valence-corrected chi connectivity index (χ4v) is 0.610. The molecule has 0 bridgehead atoms. The first-order chi connectivity index (χ1) is 4.34. The number of hydrogen-bond donors (Lipinski definition) is 0. The van der Waals surface area contributed by atoms with Crippen LogP contribution in [0.3, 0.4) is 0 Å². The van der Waals surface area contributed by atoms with Crippen molar-refractivity contribution in [2.24, 2.45) is 0 Å². The van der Waals surface area contributed by atoms with Crippen molar-refractivity contribution in [2.75, 3.05) is 7.11 Å². The zero-order chi connectivity index (χ0) is 6.69. The van der Waals surface area contributed by atoms with Crippen molar-refractivity contribution in [3.8, 4) is 5.75 Å². The quantitative estimate of drug-likeness (QED) is 0.579. The van der Waals surface area contributed by atoms with Gasteiger partial charge in [-0.15, -0.1) is 0 Å². The molecule has 0 atom stereocenters. The van der Waals surface area contributed by atoms with Crippen LogP contribution in [0.25, 0.3) is 0 Å². The second-order valence-electron chi connectivity index (χ2n) is 1.63. The molecular formula is C7H9FO2. The van der Waals surface area contributed by atoms with Crippen molar-refractivity contribution < 1.29 is 14.6 Å². The van der Waals surface area contributed by atoms with E-state index in [0.717, 1.165) is 0 Å². The fraction of sp³-hybridized carbons (Fsp3) is 0.143. The molecule has 0 aliphatic carbocycles. The molecule has 1 rings (SSSR count). The van der Waals surface area contributed by atoms with Crippen LogP contribution in [0.5, 0.6) is 5.75 Å². The molecule has 0 saturated heterocycles. The monoisotopic (exact) mass is 144 g/mol. The summed E-state index contributed by atoms with van der Waals surface area (Å²) in [5.41, 5.74) is 0. The minimum absolute atomic E-state index is 0. The number of ether oxygens (including phenoxy) is 1. The van der Waals surface area contributed by atoms with Crippen molar-refractivity contribution >= 4 is 0 Å². The molecule has 0 spiro atoms. The molecular weight excluding hydrogens is 135 g/mol. The maximum atomic E-state index is 12.5. The molecule has 2 nitrogen and oxygen atoms in total. The zero-order valence-electron chi connectivity index (χ0n) is 5.60. The van der Waals surface area contributed by atoms with Gasteiger partial charge >= 0.3 is 0 Å². The Balaban J connectivity index is 0.000000810. The van der Waals surface area contributed by atoms with Gasteiger partial charge in [0.2, 0.25) is 0 Å². The molecule has 0 radical (unpaired) electrons. The van der Waals surface area contributed by atoms with Gasteiger partial charge in [0.15, 0.2) is 11.6 Å². The minimum Gasteiger partial charge on any atom is -0.494 e. The fourth-order valence-electron chi connectivity index (χ4n) is 0.610. The summed E-state index contributed by atoms with van der Waals surface area (Å²) in [4.78, 5) is 0. The second kappa shape index (κ2) is 3.85. The molecule has 3 heteroatoms. The third-order valence-electron chi connectivity index (χ3n) is 1.06. The lowest BCUT2D eigenvalue weighted by atomic mass is 10.3. The molecule has 0 aliphatic heterocycles. The zero-order valence-corrected chi connectivity index (χ0v) is 5.60. The highest BCUT2D eigenvalue weighted by Crippen LogP contribution is 2.13. The lowest BCUT2D eigenvalue weighted by Gasteiger charge is -1.97. The third kappa shape index (κ3) is 1.70. The summed E-state index contributed by atoms with van der Waals surface area (Å²) in [5, 5.41) is 0. The summed E-state index contributed by atoms with van der Waals surface area (Å²) >= 11 is 0. The summed E-state index contributed by atoms with van der Waals surface area (Å²) in [7, 11) is 1.44. The normalized spacial score (nSPS) is 8.20. The van der Waals surface area contributed by atoms with Crippen LogP contribution in [0.15, 0.2) is 24.3 Å². The second-order valence-corrected chi connectivity index (χ2v) is 1.63. The molecule has 0 aromatic heterocycles. The average Bonchev–Trinajstić information content (AvgIpc) is 1.89. The van der Waals surface area contributed by atoms with Crippen LogP contribution in [0.4, 0.5) is 4.39 Å². The first-order valence-electron chi connectivity index (χ1n) is 2.63. The third-order valence-corrected chi connectivity index (χ3v) is 1.06. The number of methoxy groups -OCH3 is 1. The summed E-state index contributed by atoms with van der Waals surface area (Å²) in [5.74, 6) is -0.0301. The summed E-state index contributed by atoms with van der Waals surface area (Å²) < 4.78 is 17.1. The maximum Gasteiger partial charge on any atom is 0.165 e. The van der Waals surface area contributed by atoms with E-state index in [2.05, 4.69) is 4.74 Å². The van der Waals surface area contributed by atoms with Crippen molar-refractivity contribution in [3.63, 3.8) is 0 Å². The minimum atomic E-state index is -0.319. The molecule has 1 aromatic carbocycles. The van der Waals surface area contributed by atoms with E-state index in [0.29, 0.717) is 0 Å². The van der Waals surface area contributed by atoms with E-state index in [9.17, 15) is 4.39 Å². The van der Waals surface area contributed by atoms with Gasteiger partial charge in [0.25, 0.3) is 0 Å². The van der Waals surface area contributed by atoms with Crippen LogP contribution in [-0.2, 0) is 0 Å². The van der Waals surface area contributed by atoms with E-state index >= 15 is 0 Å². The molecule has 2 N–H and O–H groups in total. The standard InChI is InChI=1S/C7H7FO.H2O/c1-9-7-5-3-2-4-6(7)8;/h2-5H,1H3;1H2. The lowest BCUT2D eigenvalue weighted by molar-refractivity contribution is 0.386. The highest BCUT2D eigenvalue weighted by Gasteiger charge is 1.95. The molecule has 0 saturated carbocycles. The van der Waals surface area contributed by atoms with Gasteiger partial charge in [-0.1, -0.05) is 12.1 Å². The van der Waals surface area contributed by atoms with E-state index < -0.39 is 0 Å². The Morgan fingerprint density at radius 1 is 1.30 bits per heavy atom. The molecule has 56 valence electrons. The topological polar surface area (TPSA) is 40.7 Å². The van der Waals surface area contributed by atoms with Crippen LogP contribution in [-0.4, -0.2) is 12.6 Å². The Hall–Kier alpha value is -1.09. The van der Waals surface area contributed by atoms with Crippen molar-refractivity contribution in [1.82, 2.24) is 0 Å². The molecule has 10 heavy (non-hydrogen) atoms. The molecule has 1 aromatic rings. The number of hydrogen-bond acceptors (Lipinski definition) is 1. The largest absolute Gasteiger partial charge is 0.494 e. The number of halogens is 1. The van der Waals surface area contributed by atoms with Gasteiger partial charge in [0, 0.05) is 0 Å². The molecule has 0 fully saturated rings. The lowest BCUT2D eigenvalue weighted by Crippen LogP contribution is -1.85. The van der Waals surface area contributed by atoms with Gasteiger partial charge in [0.1, 0.15) is 0 Å². The number of rotatable bonds is 1. The van der Waals surface area contributed by atoms with Crippen LogP contribution < -0.4 is 4.74 Å². The molecule has 0 heterocycles. The maximum absolute atomic E-state index is 12.5. The van der Waals surface area contributed by atoms with Crippen LogP contribution >= 0.6 is 0 Å². The van der Waals surface area contributed by atoms with E-state index in [1.54, 1.807) is 18.2 Å². The van der Waals surface area contributed by atoms with Crippen LogP contribution in [0.2, 0.25) is 0 Å². The Morgan fingerprint density at radius 3 is 2.30 bits per heavy atom. The summed E-state index contributed by atoms with van der Waals surface area (Å²) in [6, 6.07) is 6.29. The first-order valence-corrected chi connectivity index (χ1v) is 2.63. The average molecular weight is 144 g/mol. The Kier molecular flexibility index (Phi) is 3.43. The molecule has 0 amide bonds. The van der Waals surface area contributed by atoms with E-state index in [4.69, 9.17) is 0 Å². The predicted molar refractivity (Wildman–Crippen MR) is 36.6 cm³/mol. The number of benzene rings is 1.